The average Bonchev–Trinajstić information content (AvgIpc) is 3.12. The molecule has 1 atom stereocenters. The zero-order valence-electron chi connectivity index (χ0n) is 26.7. The number of nitrogens with zero attached hydrogens (tertiary/aromatic N) is 2. The smallest absolute Gasteiger partial charge is 0.311 e. The molecule has 0 aromatic heterocycles. The van der Waals surface area contributed by atoms with Crippen LogP contribution in [0.1, 0.15) is 46.3 Å². The first-order valence-corrected chi connectivity index (χ1v) is 15.6. The Kier molecular flexibility index (Phi) is 11.6. The lowest BCUT2D eigenvalue weighted by Crippen LogP contribution is -2.30. The predicted molar refractivity (Wildman–Crippen MR) is 183 cm³/mol. The lowest BCUT2D eigenvalue weighted by Gasteiger charge is -2.28. The molecule has 242 valence electrons. The molecule has 47 heavy (non-hydrogen) atoms. The van der Waals surface area contributed by atoms with Crippen molar-refractivity contribution in [2.24, 2.45) is 0 Å². The second-order valence-corrected chi connectivity index (χ2v) is 11.4. The molecule has 0 amide bonds. The van der Waals surface area contributed by atoms with E-state index < -0.39 is 11.0 Å². The van der Waals surface area contributed by atoms with Crippen LogP contribution in [-0.2, 0) is 13.2 Å². The molecule has 0 bridgehead atoms. The van der Waals surface area contributed by atoms with E-state index in [1.807, 2.05) is 72.8 Å². The van der Waals surface area contributed by atoms with E-state index in [0.717, 1.165) is 40.2 Å². The van der Waals surface area contributed by atoms with Gasteiger partial charge in [0, 0.05) is 25.1 Å². The summed E-state index contributed by atoms with van der Waals surface area (Å²) in [6.45, 7) is 1.76. The molecule has 0 heterocycles. The maximum atomic E-state index is 12.0. The van der Waals surface area contributed by atoms with Gasteiger partial charge in [-0.25, -0.2) is 0 Å². The highest BCUT2D eigenvalue weighted by Gasteiger charge is 2.23. The molecule has 0 aliphatic carbocycles. The van der Waals surface area contributed by atoms with Crippen LogP contribution in [-0.4, -0.2) is 42.2 Å². The average molecular weight is 633 g/mol. The molecule has 0 fully saturated rings. The molecule has 0 aliphatic heterocycles. The molecule has 0 aliphatic rings. The molecule has 0 unspecified atom stereocenters. The Morgan fingerprint density at radius 1 is 0.723 bits per heavy atom. The third-order valence-electron chi connectivity index (χ3n) is 8.25. The number of benzene rings is 5. The molecule has 0 saturated carbocycles. The Morgan fingerprint density at radius 3 is 1.79 bits per heavy atom. The largest absolute Gasteiger partial charge is 0.497 e. The topological polar surface area (TPSA) is 94.3 Å². The highest BCUT2D eigenvalue weighted by atomic mass is 16.6. The van der Waals surface area contributed by atoms with Gasteiger partial charge in [-0.1, -0.05) is 91.0 Å². The van der Waals surface area contributed by atoms with Gasteiger partial charge in [-0.15, -0.1) is 0 Å². The van der Waals surface area contributed by atoms with Gasteiger partial charge in [0.2, 0.25) is 0 Å². The van der Waals surface area contributed by atoms with E-state index in [1.165, 1.54) is 6.07 Å². The van der Waals surface area contributed by atoms with Crippen molar-refractivity contribution < 1.29 is 24.2 Å². The predicted octanol–water partition coefficient (Wildman–Crippen LogP) is 7.95. The summed E-state index contributed by atoms with van der Waals surface area (Å²) in [5.74, 6) is 1.82. The van der Waals surface area contributed by atoms with Gasteiger partial charge in [-0.2, -0.15) is 0 Å². The van der Waals surface area contributed by atoms with Crippen molar-refractivity contribution in [1.82, 2.24) is 4.90 Å². The molecular formula is C39H40N2O6. The minimum atomic E-state index is -0.957. The van der Waals surface area contributed by atoms with Crippen LogP contribution in [0.25, 0.3) is 0 Å². The van der Waals surface area contributed by atoms with Crippen molar-refractivity contribution >= 4 is 5.69 Å². The van der Waals surface area contributed by atoms with Crippen LogP contribution >= 0.6 is 0 Å². The summed E-state index contributed by atoms with van der Waals surface area (Å²) in [6, 6.07) is 40.5. The monoisotopic (exact) mass is 632 g/mol. The number of hydrogen-bond donors (Lipinski definition) is 1. The van der Waals surface area contributed by atoms with E-state index in [2.05, 4.69) is 41.3 Å². The molecule has 1 N–H and O–H groups in total. The van der Waals surface area contributed by atoms with Crippen molar-refractivity contribution in [3.63, 3.8) is 0 Å². The van der Waals surface area contributed by atoms with Gasteiger partial charge in [0.1, 0.15) is 18.1 Å². The standard InChI is InChI=1S/C39H40N2O6/c1-45-34-18-13-31(14-19-34)36(32-15-20-35(46-2)21-16-32)23-24-40(26-29-9-5-3-6-10-29)27-38(42)33-17-22-39(37(25-33)41(43)44)47-28-30-11-7-4-8-12-30/h3-22,25,36,38,42H,23-24,26-28H2,1-2H3/t38-/m0/s1. The van der Waals surface area contributed by atoms with Crippen LogP contribution in [0, 0.1) is 10.1 Å². The lowest BCUT2D eigenvalue weighted by molar-refractivity contribution is -0.386. The first kappa shape index (κ1) is 33.2. The van der Waals surface area contributed by atoms with Gasteiger partial charge in [-0.05, 0) is 71.1 Å². The summed E-state index contributed by atoms with van der Waals surface area (Å²) in [7, 11) is 3.31. The van der Waals surface area contributed by atoms with E-state index in [-0.39, 0.29) is 30.5 Å². The summed E-state index contributed by atoms with van der Waals surface area (Å²) in [5, 5.41) is 23.5. The molecular weight excluding hydrogens is 592 g/mol. The van der Waals surface area contributed by atoms with Gasteiger partial charge >= 0.3 is 5.69 Å². The summed E-state index contributed by atoms with van der Waals surface area (Å²) >= 11 is 0. The Morgan fingerprint density at radius 2 is 1.26 bits per heavy atom. The second kappa shape index (κ2) is 16.4. The van der Waals surface area contributed by atoms with Crippen molar-refractivity contribution in [3.05, 3.63) is 165 Å². The maximum absolute atomic E-state index is 12.0. The SMILES string of the molecule is COc1ccc(C(CCN(Cc2ccccc2)C[C@H](O)c2ccc(OCc3ccccc3)c([N+](=O)[O-])c2)c2ccc(OC)cc2)cc1. The van der Waals surface area contributed by atoms with Gasteiger partial charge in [0.05, 0.1) is 25.2 Å². The number of hydrogen-bond acceptors (Lipinski definition) is 7. The van der Waals surface area contributed by atoms with Gasteiger partial charge in [-0.3, -0.25) is 15.0 Å². The lowest BCUT2D eigenvalue weighted by atomic mass is 9.88. The maximum Gasteiger partial charge on any atom is 0.311 e. The first-order valence-electron chi connectivity index (χ1n) is 15.6. The van der Waals surface area contributed by atoms with Crippen molar-refractivity contribution in [3.8, 4) is 17.2 Å². The quantitative estimate of drug-likeness (QED) is 0.0872. The van der Waals surface area contributed by atoms with E-state index in [0.29, 0.717) is 18.7 Å². The fraction of sp³-hybridized carbons (Fsp3) is 0.231. The fourth-order valence-corrected chi connectivity index (χ4v) is 5.68. The van der Waals surface area contributed by atoms with Crippen molar-refractivity contribution in [2.75, 3.05) is 27.3 Å². The fourth-order valence-electron chi connectivity index (χ4n) is 5.68. The summed E-state index contributed by atoms with van der Waals surface area (Å²) in [4.78, 5) is 13.8. The first-order chi connectivity index (χ1) is 22.9. The van der Waals surface area contributed by atoms with E-state index in [9.17, 15) is 15.2 Å². The van der Waals surface area contributed by atoms with Crippen molar-refractivity contribution in [1.29, 1.82) is 0 Å². The Balaban J connectivity index is 1.36. The van der Waals surface area contributed by atoms with Crippen LogP contribution < -0.4 is 14.2 Å². The Labute approximate surface area is 275 Å². The minimum absolute atomic E-state index is 0.0735. The molecule has 0 saturated heterocycles. The van der Waals surface area contributed by atoms with Gasteiger partial charge in [0.25, 0.3) is 0 Å². The normalized spacial score (nSPS) is 11.8. The molecule has 5 aromatic rings. The molecule has 8 nitrogen and oxygen atoms in total. The van der Waals surface area contributed by atoms with Crippen LogP contribution in [0.15, 0.2) is 127 Å². The summed E-state index contributed by atoms with van der Waals surface area (Å²) in [5.41, 5.74) is 4.61. The Bertz CT molecular complexity index is 1650. The number of nitro benzene ring substituents is 1. The molecule has 5 aromatic carbocycles. The minimum Gasteiger partial charge on any atom is -0.497 e. The van der Waals surface area contributed by atoms with Crippen LogP contribution in [0.4, 0.5) is 5.69 Å². The van der Waals surface area contributed by atoms with E-state index in [4.69, 9.17) is 14.2 Å². The number of aliphatic hydroxyl groups excluding tert-OH is 1. The number of aliphatic hydroxyl groups is 1. The van der Waals surface area contributed by atoms with Gasteiger partial charge in [0.15, 0.2) is 5.75 Å². The zero-order valence-corrected chi connectivity index (χ0v) is 26.7. The number of rotatable bonds is 16. The van der Waals surface area contributed by atoms with Crippen LogP contribution in [0.5, 0.6) is 17.2 Å². The highest BCUT2D eigenvalue weighted by Crippen LogP contribution is 2.33. The molecule has 8 heteroatoms. The number of ether oxygens (including phenoxy) is 3. The summed E-state index contributed by atoms with van der Waals surface area (Å²) in [6.07, 6.45) is -0.189. The zero-order chi connectivity index (χ0) is 33.0. The third kappa shape index (κ3) is 9.19. The summed E-state index contributed by atoms with van der Waals surface area (Å²) < 4.78 is 16.6. The molecule has 0 spiro atoms. The molecule has 0 radical (unpaired) electrons. The van der Waals surface area contributed by atoms with Crippen LogP contribution in [0.3, 0.4) is 0 Å². The highest BCUT2D eigenvalue weighted by molar-refractivity contribution is 5.49. The Hall–Kier alpha value is -5.18. The van der Waals surface area contributed by atoms with E-state index in [1.54, 1.807) is 26.4 Å². The molecule has 5 rings (SSSR count). The van der Waals surface area contributed by atoms with Crippen molar-refractivity contribution in [2.45, 2.75) is 31.6 Å². The van der Waals surface area contributed by atoms with E-state index >= 15 is 0 Å². The van der Waals surface area contributed by atoms with Gasteiger partial charge < -0.3 is 19.3 Å². The van der Waals surface area contributed by atoms with Crippen LogP contribution in [0.2, 0.25) is 0 Å². The number of methoxy groups -OCH3 is 2. The second-order valence-electron chi connectivity index (χ2n) is 11.4. The third-order valence-corrected chi connectivity index (χ3v) is 8.25. The number of nitro groups is 1.